The summed E-state index contributed by atoms with van der Waals surface area (Å²) in [6.07, 6.45) is 3.80. The summed E-state index contributed by atoms with van der Waals surface area (Å²) in [6, 6.07) is 12.2. The highest BCUT2D eigenvalue weighted by Crippen LogP contribution is 2.20. The van der Waals surface area contributed by atoms with Crippen molar-refractivity contribution in [3.05, 3.63) is 35.9 Å². The molecule has 1 aromatic carbocycles. The average molecular weight is 256 g/mol. The number of carbonyl (C=O) groups excluding carboxylic acids is 1. The van der Waals surface area contributed by atoms with Crippen LogP contribution in [-0.2, 0) is 11.2 Å². The van der Waals surface area contributed by atoms with E-state index in [1.807, 2.05) is 35.2 Å². The second-order valence-electron chi connectivity index (χ2n) is 5.25. The van der Waals surface area contributed by atoms with Crippen LogP contribution in [0.15, 0.2) is 30.3 Å². The van der Waals surface area contributed by atoms with E-state index in [0.717, 1.165) is 24.9 Å². The molecule has 3 heteroatoms. The van der Waals surface area contributed by atoms with Crippen LogP contribution in [0.25, 0.3) is 0 Å². The van der Waals surface area contributed by atoms with Crippen molar-refractivity contribution in [2.45, 2.75) is 38.6 Å². The van der Waals surface area contributed by atoms with E-state index in [-0.39, 0.29) is 11.9 Å². The van der Waals surface area contributed by atoms with E-state index >= 15 is 0 Å². The Balaban J connectivity index is 2.05. The minimum atomic E-state index is -0.553. The fourth-order valence-electron chi connectivity index (χ4n) is 2.66. The highest BCUT2D eigenvalue weighted by molar-refractivity contribution is 5.82. The molecule has 1 saturated heterocycles. The lowest BCUT2D eigenvalue weighted by Gasteiger charge is -2.34. The second-order valence-corrected chi connectivity index (χ2v) is 5.25. The Morgan fingerprint density at radius 2 is 2.16 bits per heavy atom. The molecule has 0 aliphatic carbocycles. The van der Waals surface area contributed by atoms with Gasteiger partial charge < -0.3 is 4.90 Å². The van der Waals surface area contributed by atoms with Gasteiger partial charge in [-0.15, -0.1) is 0 Å². The number of piperidine rings is 1. The number of nitrogens with zero attached hydrogens (tertiary/aromatic N) is 2. The van der Waals surface area contributed by atoms with Crippen LogP contribution in [0.5, 0.6) is 0 Å². The zero-order chi connectivity index (χ0) is 13.7. The van der Waals surface area contributed by atoms with Crippen molar-refractivity contribution in [1.82, 2.24) is 4.90 Å². The Morgan fingerprint density at radius 1 is 1.42 bits per heavy atom. The number of benzene rings is 1. The van der Waals surface area contributed by atoms with Crippen LogP contribution in [0.2, 0.25) is 0 Å². The van der Waals surface area contributed by atoms with E-state index in [1.54, 1.807) is 0 Å². The topological polar surface area (TPSA) is 44.1 Å². The molecule has 0 radical (unpaired) electrons. The first-order valence-electron chi connectivity index (χ1n) is 6.96. The van der Waals surface area contributed by atoms with E-state index in [0.29, 0.717) is 6.42 Å². The van der Waals surface area contributed by atoms with Gasteiger partial charge in [0.1, 0.15) is 5.92 Å². The third-order valence-electron chi connectivity index (χ3n) is 3.82. The standard InChI is InChI=1S/C16H20N2O/c1-13-7-5-6-10-18(13)16(19)15(12-17)11-14-8-3-2-4-9-14/h2-4,8-9,13,15H,5-7,10-11H2,1H3. The molecule has 1 heterocycles. The maximum atomic E-state index is 12.4. The number of hydrogen-bond donors (Lipinski definition) is 0. The molecule has 1 aliphatic rings. The number of likely N-dealkylation sites (tertiary alicyclic amines) is 1. The monoisotopic (exact) mass is 256 g/mol. The summed E-state index contributed by atoms with van der Waals surface area (Å²) in [5.74, 6) is -0.554. The molecule has 0 bridgehead atoms. The third kappa shape index (κ3) is 3.35. The Kier molecular flexibility index (Phi) is 4.57. The lowest BCUT2D eigenvalue weighted by Crippen LogP contribution is -2.45. The predicted molar refractivity (Wildman–Crippen MR) is 74.3 cm³/mol. The predicted octanol–water partition coefficient (Wildman–Crippen LogP) is 2.77. The summed E-state index contributed by atoms with van der Waals surface area (Å²) >= 11 is 0. The number of hydrogen-bond acceptors (Lipinski definition) is 2. The highest BCUT2D eigenvalue weighted by Gasteiger charge is 2.29. The molecule has 1 fully saturated rings. The number of carbonyl (C=O) groups is 1. The summed E-state index contributed by atoms with van der Waals surface area (Å²) in [7, 11) is 0. The van der Waals surface area contributed by atoms with E-state index in [1.165, 1.54) is 6.42 Å². The molecule has 1 aliphatic heterocycles. The molecule has 0 N–H and O–H groups in total. The maximum absolute atomic E-state index is 12.4. The molecular formula is C16H20N2O. The molecule has 1 amide bonds. The Hall–Kier alpha value is -1.82. The first-order chi connectivity index (χ1) is 9.22. The van der Waals surface area contributed by atoms with Crippen molar-refractivity contribution in [2.24, 2.45) is 5.92 Å². The van der Waals surface area contributed by atoms with E-state index in [4.69, 9.17) is 0 Å². The summed E-state index contributed by atoms with van der Waals surface area (Å²) in [4.78, 5) is 14.3. The van der Waals surface area contributed by atoms with Crippen LogP contribution in [0.3, 0.4) is 0 Å². The maximum Gasteiger partial charge on any atom is 0.240 e. The Labute approximate surface area is 114 Å². The van der Waals surface area contributed by atoms with Gasteiger partial charge in [0.05, 0.1) is 6.07 Å². The van der Waals surface area contributed by atoms with Crippen molar-refractivity contribution in [3.8, 4) is 6.07 Å². The van der Waals surface area contributed by atoms with Crippen molar-refractivity contribution < 1.29 is 4.79 Å². The van der Waals surface area contributed by atoms with E-state index in [9.17, 15) is 10.1 Å². The quantitative estimate of drug-likeness (QED) is 0.834. The molecule has 0 spiro atoms. The molecule has 100 valence electrons. The third-order valence-corrected chi connectivity index (χ3v) is 3.82. The summed E-state index contributed by atoms with van der Waals surface area (Å²) in [5.41, 5.74) is 1.05. The van der Waals surface area contributed by atoms with Gasteiger partial charge in [-0.25, -0.2) is 0 Å². The summed E-state index contributed by atoms with van der Waals surface area (Å²) < 4.78 is 0. The van der Waals surface area contributed by atoms with E-state index in [2.05, 4.69) is 13.0 Å². The first kappa shape index (κ1) is 13.6. The van der Waals surface area contributed by atoms with Crippen molar-refractivity contribution in [3.63, 3.8) is 0 Å². The molecule has 0 saturated carbocycles. The van der Waals surface area contributed by atoms with Gasteiger partial charge in [0.25, 0.3) is 0 Å². The number of nitriles is 1. The molecule has 1 aromatic rings. The number of amides is 1. The van der Waals surface area contributed by atoms with Gasteiger partial charge >= 0.3 is 0 Å². The molecular weight excluding hydrogens is 236 g/mol. The van der Waals surface area contributed by atoms with Gasteiger partial charge in [-0.05, 0) is 38.2 Å². The van der Waals surface area contributed by atoms with Gasteiger partial charge in [-0.2, -0.15) is 5.26 Å². The lowest BCUT2D eigenvalue weighted by molar-refractivity contribution is -0.137. The van der Waals surface area contributed by atoms with Gasteiger partial charge in [-0.1, -0.05) is 30.3 Å². The first-order valence-corrected chi connectivity index (χ1v) is 6.96. The second kappa shape index (κ2) is 6.38. The molecule has 2 unspecified atom stereocenters. The molecule has 2 rings (SSSR count). The fourth-order valence-corrected chi connectivity index (χ4v) is 2.66. The smallest absolute Gasteiger partial charge is 0.240 e. The number of rotatable bonds is 3. The minimum absolute atomic E-state index is 0.00134. The Bertz CT molecular complexity index is 463. The molecule has 0 aromatic heterocycles. The van der Waals surface area contributed by atoms with Crippen LogP contribution < -0.4 is 0 Å². The molecule has 19 heavy (non-hydrogen) atoms. The molecule has 2 atom stereocenters. The lowest BCUT2D eigenvalue weighted by atomic mass is 9.96. The summed E-state index contributed by atoms with van der Waals surface area (Å²) in [5, 5.41) is 9.28. The Morgan fingerprint density at radius 3 is 2.79 bits per heavy atom. The van der Waals surface area contributed by atoms with Gasteiger partial charge in [0, 0.05) is 12.6 Å². The van der Waals surface area contributed by atoms with Crippen LogP contribution in [-0.4, -0.2) is 23.4 Å². The van der Waals surface area contributed by atoms with Gasteiger partial charge in [-0.3, -0.25) is 4.79 Å². The average Bonchev–Trinajstić information content (AvgIpc) is 2.46. The van der Waals surface area contributed by atoms with Gasteiger partial charge in [0.2, 0.25) is 5.91 Å². The van der Waals surface area contributed by atoms with Crippen LogP contribution in [0.1, 0.15) is 31.7 Å². The SMILES string of the molecule is CC1CCCCN1C(=O)C(C#N)Cc1ccccc1. The van der Waals surface area contributed by atoms with Crippen molar-refractivity contribution >= 4 is 5.91 Å². The summed E-state index contributed by atoms with van der Waals surface area (Å²) in [6.45, 7) is 2.88. The normalized spacial score (nSPS) is 20.6. The van der Waals surface area contributed by atoms with Crippen molar-refractivity contribution in [1.29, 1.82) is 5.26 Å². The van der Waals surface area contributed by atoms with Crippen LogP contribution in [0, 0.1) is 17.2 Å². The molecule has 3 nitrogen and oxygen atoms in total. The van der Waals surface area contributed by atoms with E-state index < -0.39 is 5.92 Å². The van der Waals surface area contributed by atoms with Crippen LogP contribution in [0.4, 0.5) is 0 Å². The van der Waals surface area contributed by atoms with Gasteiger partial charge in [0.15, 0.2) is 0 Å². The van der Waals surface area contributed by atoms with Crippen molar-refractivity contribution in [2.75, 3.05) is 6.54 Å². The largest absolute Gasteiger partial charge is 0.339 e. The fraction of sp³-hybridized carbons (Fsp3) is 0.500. The highest BCUT2D eigenvalue weighted by atomic mass is 16.2. The minimum Gasteiger partial charge on any atom is -0.339 e. The zero-order valence-electron chi connectivity index (χ0n) is 11.4. The van der Waals surface area contributed by atoms with Crippen LogP contribution >= 0.6 is 0 Å². The zero-order valence-corrected chi connectivity index (χ0v) is 11.4.